The molecule has 9 nitrogen and oxygen atoms in total. The van der Waals surface area contributed by atoms with Gasteiger partial charge in [0.1, 0.15) is 12.4 Å². The molecule has 0 spiro atoms. The predicted molar refractivity (Wildman–Crippen MR) is 164 cm³/mol. The second-order valence-electron chi connectivity index (χ2n) is 11.0. The number of carbonyl (C=O) groups excluding carboxylic acids is 1. The molecular weight excluding hydrogens is 550 g/mol. The van der Waals surface area contributed by atoms with Gasteiger partial charge < -0.3 is 30.1 Å². The molecule has 0 heterocycles. The first-order chi connectivity index (χ1) is 20.6. The lowest BCUT2D eigenvalue weighted by Gasteiger charge is -2.23. The number of fused-ring (bicyclic) bond motifs is 1. The van der Waals surface area contributed by atoms with Gasteiger partial charge in [0.15, 0.2) is 12.2 Å². The van der Waals surface area contributed by atoms with Gasteiger partial charge in [-0.3, -0.25) is 4.79 Å². The van der Waals surface area contributed by atoms with Gasteiger partial charge in [0, 0.05) is 13.2 Å². The topological polar surface area (TPSA) is 142 Å². The maximum atomic E-state index is 13.0. The SMILES string of the molecule is Cc1ccc(CCCCCOC(C(=O)NCCCCCc2ccc3cc(O)ccc3c2)C(OCC(=O)O)C(=O)O)cc1C. The van der Waals surface area contributed by atoms with Crippen LogP contribution in [0.3, 0.4) is 0 Å². The van der Waals surface area contributed by atoms with Crippen molar-refractivity contribution in [3.8, 4) is 5.75 Å². The van der Waals surface area contributed by atoms with Crippen LogP contribution in [0, 0.1) is 13.8 Å². The number of carboxylic acids is 2. The number of unbranched alkanes of at least 4 members (excludes halogenated alkanes) is 4. The van der Waals surface area contributed by atoms with E-state index in [0.29, 0.717) is 19.4 Å². The minimum absolute atomic E-state index is 0.149. The summed E-state index contributed by atoms with van der Waals surface area (Å²) < 4.78 is 10.7. The van der Waals surface area contributed by atoms with Crippen LogP contribution in [0.15, 0.2) is 54.6 Å². The standard InChI is InChI=1S/C34H43NO8/c1-23-11-12-25(19-24(23)2)9-6-4-8-18-42-31(32(34(40)41)43-22-30(37)38)33(39)35-17-7-3-5-10-26-13-14-28-21-29(36)16-15-27(28)20-26/h11-16,19-21,31-32,36H,3-10,17-18,22H2,1-2H3,(H,35,39)(H,37,38)(H,40,41). The first kappa shape index (κ1) is 33.6. The summed E-state index contributed by atoms with van der Waals surface area (Å²) in [4.78, 5) is 35.8. The molecule has 4 N–H and O–H groups in total. The van der Waals surface area contributed by atoms with Crippen LogP contribution in [0.1, 0.15) is 60.8 Å². The molecule has 3 rings (SSSR count). The average Bonchev–Trinajstić information content (AvgIpc) is 2.96. The van der Waals surface area contributed by atoms with E-state index in [4.69, 9.17) is 14.6 Å². The van der Waals surface area contributed by atoms with Crippen molar-refractivity contribution in [1.82, 2.24) is 5.32 Å². The molecule has 0 aliphatic carbocycles. The lowest BCUT2D eigenvalue weighted by molar-refractivity contribution is -0.172. The first-order valence-corrected chi connectivity index (χ1v) is 14.9. The van der Waals surface area contributed by atoms with Crippen LogP contribution < -0.4 is 5.32 Å². The fourth-order valence-electron chi connectivity index (χ4n) is 4.91. The lowest BCUT2D eigenvalue weighted by Crippen LogP contribution is -2.49. The molecule has 3 aromatic carbocycles. The number of hydrogen-bond donors (Lipinski definition) is 4. The Hall–Kier alpha value is -3.95. The maximum Gasteiger partial charge on any atom is 0.336 e. The molecule has 9 heteroatoms. The molecule has 43 heavy (non-hydrogen) atoms. The number of nitrogens with one attached hydrogen (secondary N) is 1. The molecule has 232 valence electrons. The summed E-state index contributed by atoms with van der Waals surface area (Å²) >= 11 is 0. The van der Waals surface area contributed by atoms with Crippen molar-refractivity contribution in [2.75, 3.05) is 19.8 Å². The molecule has 0 aliphatic rings. The van der Waals surface area contributed by atoms with Crippen molar-refractivity contribution in [3.05, 3.63) is 76.9 Å². The number of ether oxygens (including phenoxy) is 2. The predicted octanol–water partition coefficient (Wildman–Crippen LogP) is 5.34. The number of rotatable bonds is 19. The monoisotopic (exact) mass is 593 g/mol. The molecule has 0 fully saturated rings. The number of phenols is 1. The van der Waals surface area contributed by atoms with E-state index in [1.165, 1.54) is 22.3 Å². The highest BCUT2D eigenvalue weighted by Crippen LogP contribution is 2.22. The van der Waals surface area contributed by atoms with Gasteiger partial charge in [-0.1, -0.05) is 55.3 Å². The Morgan fingerprint density at radius 3 is 2.07 bits per heavy atom. The van der Waals surface area contributed by atoms with Crippen molar-refractivity contribution >= 4 is 28.6 Å². The van der Waals surface area contributed by atoms with Crippen LogP contribution in [0.2, 0.25) is 0 Å². The van der Waals surface area contributed by atoms with E-state index in [0.717, 1.165) is 49.3 Å². The fourth-order valence-corrected chi connectivity index (χ4v) is 4.91. The molecule has 1 amide bonds. The average molecular weight is 594 g/mol. The molecule has 0 aliphatic heterocycles. The van der Waals surface area contributed by atoms with Crippen molar-refractivity contribution in [3.63, 3.8) is 0 Å². The van der Waals surface area contributed by atoms with Gasteiger partial charge in [-0.2, -0.15) is 0 Å². The van der Waals surface area contributed by atoms with Crippen molar-refractivity contribution in [1.29, 1.82) is 0 Å². The highest BCUT2D eigenvalue weighted by molar-refractivity contribution is 5.88. The molecule has 0 saturated carbocycles. The molecule has 2 unspecified atom stereocenters. The Labute approximate surface area is 252 Å². The van der Waals surface area contributed by atoms with Gasteiger partial charge >= 0.3 is 11.9 Å². The van der Waals surface area contributed by atoms with E-state index in [-0.39, 0.29) is 12.4 Å². The number of hydrogen-bond acceptors (Lipinski definition) is 6. The highest BCUT2D eigenvalue weighted by atomic mass is 16.6. The second kappa shape index (κ2) is 17.2. The Morgan fingerprint density at radius 2 is 1.37 bits per heavy atom. The molecule has 0 bridgehead atoms. The van der Waals surface area contributed by atoms with Crippen LogP contribution in [0.4, 0.5) is 0 Å². The summed E-state index contributed by atoms with van der Waals surface area (Å²) in [7, 11) is 0. The Balaban J connectivity index is 1.43. The smallest absolute Gasteiger partial charge is 0.336 e. The third-order valence-corrected chi connectivity index (χ3v) is 7.47. The number of phenolic OH excluding ortho intramolecular Hbond substituents is 1. The highest BCUT2D eigenvalue weighted by Gasteiger charge is 2.36. The van der Waals surface area contributed by atoms with Gasteiger partial charge in [-0.05, 0) is 97.5 Å². The van der Waals surface area contributed by atoms with Crippen molar-refractivity contribution < 1.29 is 39.2 Å². The van der Waals surface area contributed by atoms with Crippen LogP contribution in [0.5, 0.6) is 5.75 Å². The number of aryl methyl sites for hydroxylation is 4. The summed E-state index contributed by atoms with van der Waals surface area (Å²) in [6, 6.07) is 17.8. The third-order valence-electron chi connectivity index (χ3n) is 7.47. The largest absolute Gasteiger partial charge is 0.508 e. The van der Waals surface area contributed by atoms with E-state index < -0.39 is 36.7 Å². The molecular formula is C34H43NO8. The number of amides is 1. The van der Waals surface area contributed by atoms with Gasteiger partial charge in [0.25, 0.3) is 5.91 Å². The zero-order valence-electron chi connectivity index (χ0n) is 25.0. The Morgan fingerprint density at radius 1 is 0.721 bits per heavy atom. The Kier molecular flexibility index (Phi) is 13.4. The zero-order chi connectivity index (χ0) is 31.2. The van der Waals surface area contributed by atoms with E-state index >= 15 is 0 Å². The summed E-state index contributed by atoms with van der Waals surface area (Å²) in [5.41, 5.74) is 4.95. The van der Waals surface area contributed by atoms with Crippen LogP contribution >= 0.6 is 0 Å². The first-order valence-electron chi connectivity index (χ1n) is 14.9. The zero-order valence-corrected chi connectivity index (χ0v) is 25.0. The fraction of sp³-hybridized carbons (Fsp3) is 0.441. The molecule has 0 saturated heterocycles. The normalized spacial score (nSPS) is 12.6. The molecule has 2 atom stereocenters. The van der Waals surface area contributed by atoms with Gasteiger partial charge in [-0.25, -0.2) is 9.59 Å². The van der Waals surface area contributed by atoms with Gasteiger partial charge in [0.2, 0.25) is 0 Å². The lowest BCUT2D eigenvalue weighted by atomic mass is 10.0. The van der Waals surface area contributed by atoms with Crippen LogP contribution in [0.25, 0.3) is 10.8 Å². The van der Waals surface area contributed by atoms with Gasteiger partial charge in [0.05, 0.1) is 0 Å². The molecule has 3 aromatic rings. The van der Waals surface area contributed by atoms with E-state index in [1.54, 1.807) is 12.1 Å². The van der Waals surface area contributed by atoms with Crippen LogP contribution in [-0.4, -0.2) is 65.1 Å². The minimum atomic E-state index is -1.73. The molecule has 0 radical (unpaired) electrons. The van der Waals surface area contributed by atoms with Gasteiger partial charge in [-0.15, -0.1) is 0 Å². The summed E-state index contributed by atoms with van der Waals surface area (Å²) in [6.07, 6.45) is 3.38. The quantitative estimate of drug-likeness (QED) is 0.136. The van der Waals surface area contributed by atoms with E-state index in [1.807, 2.05) is 18.2 Å². The van der Waals surface area contributed by atoms with E-state index in [2.05, 4.69) is 43.4 Å². The maximum absolute atomic E-state index is 13.0. The summed E-state index contributed by atoms with van der Waals surface area (Å²) in [5, 5.41) is 33.0. The van der Waals surface area contributed by atoms with Crippen molar-refractivity contribution in [2.45, 2.75) is 77.4 Å². The molecule has 0 aromatic heterocycles. The summed E-state index contributed by atoms with van der Waals surface area (Å²) in [5.74, 6) is -3.18. The number of benzene rings is 3. The number of carboxylic acid groups (broad SMARTS) is 2. The van der Waals surface area contributed by atoms with Crippen LogP contribution in [-0.2, 0) is 36.7 Å². The van der Waals surface area contributed by atoms with Crippen molar-refractivity contribution in [2.24, 2.45) is 0 Å². The minimum Gasteiger partial charge on any atom is -0.508 e. The third kappa shape index (κ3) is 11.3. The summed E-state index contributed by atoms with van der Waals surface area (Å²) in [6.45, 7) is 3.79. The number of aliphatic carboxylic acids is 2. The van der Waals surface area contributed by atoms with E-state index in [9.17, 15) is 24.6 Å². The number of carbonyl (C=O) groups is 3. The Bertz CT molecular complexity index is 1370. The number of aromatic hydroxyl groups is 1. The second-order valence-corrected chi connectivity index (χ2v) is 11.0.